The molecule has 2 N–H and O–H groups in total. The molecule has 9 nitrogen and oxygen atoms in total. The first kappa shape index (κ1) is 20.3. The zero-order valence-electron chi connectivity index (χ0n) is 15.8. The van der Waals surface area contributed by atoms with Crippen molar-refractivity contribution in [2.75, 3.05) is 25.9 Å². The van der Waals surface area contributed by atoms with Crippen molar-refractivity contribution in [1.82, 2.24) is 25.1 Å². The number of carbonyl (C=O) groups is 1. The molecule has 0 spiro atoms. The van der Waals surface area contributed by atoms with E-state index in [0.29, 0.717) is 57.2 Å². The van der Waals surface area contributed by atoms with Gasteiger partial charge in [-0.3, -0.25) is 0 Å². The van der Waals surface area contributed by atoms with Crippen LogP contribution in [0.1, 0.15) is 36.0 Å². The summed E-state index contributed by atoms with van der Waals surface area (Å²) >= 11 is 0. The van der Waals surface area contributed by atoms with Gasteiger partial charge < -0.3 is 15.2 Å². The number of nitrogens with zero attached hydrogens (tertiary/aromatic N) is 3. The van der Waals surface area contributed by atoms with Crippen molar-refractivity contribution < 1.29 is 17.7 Å². The predicted octanol–water partition coefficient (Wildman–Crippen LogP) is 1.25. The SMILES string of the molecule is CS(=O)(=O)N1CCC(c2noc(CCNC(=O)NCc3ccccc3)n2)CC1. The van der Waals surface area contributed by atoms with Crippen molar-refractivity contribution in [1.29, 1.82) is 0 Å². The van der Waals surface area contributed by atoms with E-state index < -0.39 is 10.0 Å². The molecule has 0 saturated carbocycles. The van der Waals surface area contributed by atoms with E-state index in [4.69, 9.17) is 4.52 Å². The van der Waals surface area contributed by atoms with Gasteiger partial charge in [-0.05, 0) is 18.4 Å². The summed E-state index contributed by atoms with van der Waals surface area (Å²) in [6, 6.07) is 9.41. The van der Waals surface area contributed by atoms with E-state index in [1.54, 1.807) is 0 Å². The van der Waals surface area contributed by atoms with E-state index in [9.17, 15) is 13.2 Å². The lowest BCUT2D eigenvalue weighted by Crippen LogP contribution is -2.37. The van der Waals surface area contributed by atoms with E-state index in [2.05, 4.69) is 20.8 Å². The van der Waals surface area contributed by atoms with Crippen LogP contribution in [0, 0.1) is 0 Å². The Bertz CT molecular complexity index is 876. The zero-order valence-corrected chi connectivity index (χ0v) is 16.6. The minimum absolute atomic E-state index is 0.0950. The highest BCUT2D eigenvalue weighted by Crippen LogP contribution is 2.26. The highest BCUT2D eigenvalue weighted by molar-refractivity contribution is 7.88. The number of hydrogen-bond acceptors (Lipinski definition) is 6. The van der Waals surface area contributed by atoms with Gasteiger partial charge in [-0.1, -0.05) is 35.5 Å². The molecule has 0 unspecified atom stereocenters. The Hall–Kier alpha value is -2.46. The number of nitrogens with one attached hydrogen (secondary N) is 2. The number of hydrogen-bond donors (Lipinski definition) is 2. The molecule has 1 aliphatic rings. The van der Waals surface area contributed by atoms with Gasteiger partial charge in [0.2, 0.25) is 15.9 Å². The number of rotatable bonds is 7. The van der Waals surface area contributed by atoms with Crippen LogP contribution in [-0.4, -0.2) is 54.8 Å². The Morgan fingerprint density at radius 2 is 1.93 bits per heavy atom. The van der Waals surface area contributed by atoms with Crippen molar-refractivity contribution in [2.24, 2.45) is 0 Å². The van der Waals surface area contributed by atoms with Gasteiger partial charge >= 0.3 is 6.03 Å². The molecule has 2 aromatic rings. The third-order valence-electron chi connectivity index (χ3n) is 4.69. The van der Waals surface area contributed by atoms with Crippen molar-refractivity contribution in [2.45, 2.75) is 31.7 Å². The van der Waals surface area contributed by atoms with E-state index >= 15 is 0 Å². The summed E-state index contributed by atoms with van der Waals surface area (Å²) in [4.78, 5) is 16.2. The van der Waals surface area contributed by atoms with Crippen LogP contribution in [0.25, 0.3) is 0 Å². The molecular weight excluding hydrogens is 382 g/mol. The first-order valence-electron chi connectivity index (χ1n) is 9.25. The summed E-state index contributed by atoms with van der Waals surface area (Å²) in [5, 5.41) is 9.57. The van der Waals surface area contributed by atoms with Crippen LogP contribution in [0.4, 0.5) is 4.79 Å². The Labute approximate surface area is 164 Å². The molecule has 2 heterocycles. The maximum Gasteiger partial charge on any atom is 0.315 e. The lowest BCUT2D eigenvalue weighted by atomic mass is 9.97. The molecule has 0 aliphatic carbocycles. The normalized spacial score (nSPS) is 16.0. The average Bonchev–Trinajstić information content (AvgIpc) is 3.15. The minimum Gasteiger partial charge on any atom is -0.339 e. The fourth-order valence-electron chi connectivity index (χ4n) is 3.10. The molecule has 28 heavy (non-hydrogen) atoms. The highest BCUT2D eigenvalue weighted by atomic mass is 32.2. The Kier molecular flexibility index (Phi) is 6.63. The zero-order chi connectivity index (χ0) is 20.0. The molecular formula is C18H25N5O4S. The molecule has 3 rings (SSSR count). The first-order chi connectivity index (χ1) is 13.4. The van der Waals surface area contributed by atoms with Crippen molar-refractivity contribution >= 4 is 16.1 Å². The van der Waals surface area contributed by atoms with Gasteiger partial charge in [-0.15, -0.1) is 0 Å². The number of amides is 2. The van der Waals surface area contributed by atoms with Crippen LogP contribution in [-0.2, 0) is 23.0 Å². The van der Waals surface area contributed by atoms with Crippen LogP contribution >= 0.6 is 0 Å². The Morgan fingerprint density at radius 3 is 2.61 bits per heavy atom. The van der Waals surface area contributed by atoms with Gasteiger partial charge in [-0.25, -0.2) is 17.5 Å². The van der Waals surface area contributed by atoms with Gasteiger partial charge in [0, 0.05) is 38.5 Å². The van der Waals surface area contributed by atoms with E-state index in [1.165, 1.54) is 10.6 Å². The summed E-state index contributed by atoms with van der Waals surface area (Å²) in [6.07, 6.45) is 3.01. The van der Waals surface area contributed by atoms with Gasteiger partial charge in [0.05, 0.1) is 6.26 Å². The minimum atomic E-state index is -3.15. The number of urea groups is 1. The highest BCUT2D eigenvalue weighted by Gasteiger charge is 2.28. The molecule has 1 aromatic carbocycles. The Morgan fingerprint density at radius 1 is 1.21 bits per heavy atom. The van der Waals surface area contributed by atoms with Crippen molar-refractivity contribution in [3.8, 4) is 0 Å². The van der Waals surface area contributed by atoms with Crippen LogP contribution in [0.5, 0.6) is 0 Å². The second kappa shape index (κ2) is 9.16. The van der Waals surface area contributed by atoms with Gasteiger partial charge in [0.1, 0.15) is 0 Å². The molecule has 152 valence electrons. The molecule has 1 saturated heterocycles. The van der Waals surface area contributed by atoms with Crippen molar-refractivity contribution in [3.63, 3.8) is 0 Å². The molecule has 10 heteroatoms. The second-order valence-electron chi connectivity index (χ2n) is 6.83. The number of aromatic nitrogens is 2. The largest absolute Gasteiger partial charge is 0.339 e. The third-order valence-corrected chi connectivity index (χ3v) is 6.00. The molecule has 0 bridgehead atoms. The fourth-order valence-corrected chi connectivity index (χ4v) is 3.98. The molecule has 0 radical (unpaired) electrons. The third kappa shape index (κ3) is 5.77. The van der Waals surface area contributed by atoms with Crippen LogP contribution in [0.15, 0.2) is 34.9 Å². The fraction of sp³-hybridized carbons (Fsp3) is 0.500. The quantitative estimate of drug-likeness (QED) is 0.713. The molecule has 1 fully saturated rings. The van der Waals surface area contributed by atoms with Gasteiger partial charge in [0.25, 0.3) is 0 Å². The summed E-state index contributed by atoms with van der Waals surface area (Å²) in [6.45, 7) is 1.78. The first-order valence-corrected chi connectivity index (χ1v) is 11.1. The summed E-state index contributed by atoms with van der Waals surface area (Å²) < 4.78 is 29.9. The molecule has 1 aliphatic heterocycles. The van der Waals surface area contributed by atoms with Crippen LogP contribution in [0.2, 0.25) is 0 Å². The van der Waals surface area contributed by atoms with Gasteiger partial charge in [0.15, 0.2) is 5.82 Å². The number of benzene rings is 1. The van der Waals surface area contributed by atoms with E-state index in [1.807, 2.05) is 30.3 Å². The average molecular weight is 407 g/mol. The van der Waals surface area contributed by atoms with Crippen LogP contribution < -0.4 is 10.6 Å². The van der Waals surface area contributed by atoms with Crippen LogP contribution in [0.3, 0.4) is 0 Å². The molecule has 0 atom stereocenters. The number of piperidine rings is 1. The summed E-state index contributed by atoms with van der Waals surface area (Å²) in [7, 11) is -3.15. The number of carbonyl (C=O) groups excluding carboxylic acids is 1. The molecule has 1 aromatic heterocycles. The maximum atomic E-state index is 11.8. The standard InChI is InChI=1S/C18H25N5O4S/c1-28(25,26)23-11-8-15(9-12-23)17-21-16(27-22-17)7-10-19-18(24)20-13-14-5-3-2-4-6-14/h2-6,15H,7-13H2,1H3,(H2,19,20,24). The monoisotopic (exact) mass is 407 g/mol. The lowest BCUT2D eigenvalue weighted by molar-refractivity contribution is 0.240. The topological polar surface area (TPSA) is 117 Å². The smallest absolute Gasteiger partial charge is 0.315 e. The van der Waals surface area contributed by atoms with Gasteiger partial charge in [-0.2, -0.15) is 4.98 Å². The Balaban J connectivity index is 1.38. The number of sulfonamides is 1. The summed E-state index contributed by atoms with van der Waals surface area (Å²) in [5.74, 6) is 1.17. The van der Waals surface area contributed by atoms with E-state index in [-0.39, 0.29) is 11.9 Å². The predicted molar refractivity (Wildman–Crippen MR) is 103 cm³/mol. The summed E-state index contributed by atoms with van der Waals surface area (Å²) in [5.41, 5.74) is 1.03. The van der Waals surface area contributed by atoms with Crippen molar-refractivity contribution in [3.05, 3.63) is 47.6 Å². The van der Waals surface area contributed by atoms with E-state index in [0.717, 1.165) is 5.56 Å². The lowest BCUT2D eigenvalue weighted by Gasteiger charge is -2.28. The molecule has 2 amide bonds. The second-order valence-corrected chi connectivity index (χ2v) is 8.81. The maximum absolute atomic E-state index is 11.8.